The molecular weight excluding hydrogens is 360 g/mol. The van der Waals surface area contributed by atoms with Gasteiger partial charge in [0.05, 0.1) is 12.1 Å². The summed E-state index contributed by atoms with van der Waals surface area (Å²) in [6.45, 7) is 5.43. The molecule has 0 saturated heterocycles. The summed E-state index contributed by atoms with van der Waals surface area (Å²) in [5.41, 5.74) is 5.38. The molecule has 1 aliphatic carbocycles. The van der Waals surface area contributed by atoms with Gasteiger partial charge in [-0.2, -0.15) is 5.10 Å². The van der Waals surface area contributed by atoms with Gasteiger partial charge in [-0.1, -0.05) is 43.5 Å². The van der Waals surface area contributed by atoms with E-state index in [0.29, 0.717) is 19.1 Å². The van der Waals surface area contributed by atoms with E-state index < -0.39 is 0 Å². The first-order valence-electron chi connectivity index (χ1n) is 10.6. The second-order valence-electron chi connectivity index (χ2n) is 8.10. The third-order valence-electron chi connectivity index (χ3n) is 6.12. The van der Waals surface area contributed by atoms with Crippen LogP contribution in [0.5, 0.6) is 0 Å². The minimum absolute atomic E-state index is 0.00838. The molecule has 2 heterocycles. The van der Waals surface area contributed by atoms with Crippen LogP contribution in [-0.4, -0.2) is 20.3 Å². The Bertz CT molecular complexity index is 965. The Morgan fingerprint density at radius 2 is 1.86 bits per heavy atom. The number of hydrogen-bond acceptors (Lipinski definition) is 2. The Kier molecular flexibility index (Phi) is 5.84. The molecule has 1 N–H and O–H groups in total. The van der Waals surface area contributed by atoms with Gasteiger partial charge in [0.2, 0.25) is 0 Å². The number of nitrogens with zero attached hydrogens (tertiary/aromatic N) is 3. The second kappa shape index (κ2) is 8.68. The van der Waals surface area contributed by atoms with Crippen LogP contribution in [-0.2, 0) is 13.1 Å². The lowest BCUT2D eigenvalue weighted by Gasteiger charge is -2.26. The molecule has 0 unspecified atom stereocenters. The monoisotopic (exact) mass is 390 g/mol. The molecule has 0 bridgehead atoms. The van der Waals surface area contributed by atoms with Crippen molar-refractivity contribution in [3.05, 3.63) is 76.9 Å². The third-order valence-corrected chi connectivity index (χ3v) is 6.12. The Hall–Kier alpha value is -2.82. The second-order valence-corrected chi connectivity index (χ2v) is 8.10. The molecule has 1 aromatic carbocycles. The first-order valence-corrected chi connectivity index (χ1v) is 10.6. The molecule has 1 fully saturated rings. The predicted molar refractivity (Wildman–Crippen MR) is 115 cm³/mol. The van der Waals surface area contributed by atoms with E-state index in [1.165, 1.54) is 43.4 Å². The molecule has 1 saturated carbocycles. The summed E-state index contributed by atoms with van der Waals surface area (Å²) < 4.78 is 4.29. The maximum Gasteiger partial charge on any atom is 0.253 e. The zero-order valence-corrected chi connectivity index (χ0v) is 17.4. The Morgan fingerprint density at radius 1 is 1.10 bits per heavy atom. The summed E-state index contributed by atoms with van der Waals surface area (Å²) in [7, 11) is 0. The highest BCUT2D eigenvalue weighted by atomic mass is 16.1. The zero-order chi connectivity index (χ0) is 20.2. The van der Waals surface area contributed by atoms with Crippen LogP contribution in [0.4, 0.5) is 0 Å². The van der Waals surface area contributed by atoms with E-state index in [4.69, 9.17) is 0 Å². The Balaban J connectivity index is 1.47. The first kappa shape index (κ1) is 19.5. The molecule has 1 amide bonds. The molecule has 1 aliphatic rings. The van der Waals surface area contributed by atoms with E-state index in [9.17, 15) is 4.79 Å². The number of nitrogens with one attached hydrogen (secondary N) is 1. The molecule has 2 aromatic heterocycles. The first-order chi connectivity index (χ1) is 14.1. The lowest BCUT2D eigenvalue weighted by atomic mass is 9.95. The van der Waals surface area contributed by atoms with Gasteiger partial charge in [0.1, 0.15) is 0 Å². The lowest BCUT2D eigenvalue weighted by Crippen LogP contribution is -2.24. The molecule has 0 atom stereocenters. The molecule has 5 nitrogen and oxygen atoms in total. The summed E-state index contributed by atoms with van der Waals surface area (Å²) >= 11 is 0. The van der Waals surface area contributed by atoms with Crippen molar-refractivity contribution in [2.45, 2.75) is 65.1 Å². The molecule has 3 aromatic rings. The summed E-state index contributed by atoms with van der Waals surface area (Å²) in [5.74, 6) is 0.00838. The largest absolute Gasteiger partial charge is 0.348 e. The lowest BCUT2D eigenvalue weighted by molar-refractivity contribution is 0.0950. The van der Waals surface area contributed by atoms with E-state index in [-0.39, 0.29) is 5.91 Å². The van der Waals surface area contributed by atoms with Crippen molar-refractivity contribution in [2.24, 2.45) is 0 Å². The van der Waals surface area contributed by atoms with Crippen molar-refractivity contribution in [1.82, 2.24) is 19.7 Å². The van der Waals surface area contributed by atoms with Gasteiger partial charge in [0, 0.05) is 36.4 Å². The molecule has 5 heteroatoms. The van der Waals surface area contributed by atoms with Crippen molar-refractivity contribution in [2.75, 3.05) is 0 Å². The van der Waals surface area contributed by atoms with Gasteiger partial charge in [-0.25, -0.2) is 0 Å². The highest BCUT2D eigenvalue weighted by Gasteiger charge is 2.22. The highest BCUT2D eigenvalue weighted by Crippen LogP contribution is 2.32. The topological polar surface area (TPSA) is 51.9 Å². The fourth-order valence-electron chi connectivity index (χ4n) is 4.63. The predicted octanol–water partition coefficient (Wildman–Crippen LogP) is 4.78. The van der Waals surface area contributed by atoms with Crippen LogP contribution >= 0.6 is 0 Å². The molecule has 0 spiro atoms. The average Bonchev–Trinajstić information content (AvgIpc) is 3.35. The normalized spacial score (nSPS) is 14.8. The zero-order valence-electron chi connectivity index (χ0n) is 17.4. The van der Waals surface area contributed by atoms with Gasteiger partial charge < -0.3 is 9.88 Å². The van der Waals surface area contributed by atoms with E-state index >= 15 is 0 Å². The van der Waals surface area contributed by atoms with Gasteiger partial charge in [-0.3, -0.25) is 9.48 Å². The average molecular weight is 391 g/mol. The number of aromatic nitrogens is 3. The van der Waals surface area contributed by atoms with Crippen LogP contribution in [0.1, 0.15) is 71.0 Å². The maximum absolute atomic E-state index is 13.0. The number of carbonyl (C=O) groups is 1. The van der Waals surface area contributed by atoms with E-state index in [1.807, 2.05) is 29.1 Å². The number of rotatable bonds is 6. The quantitative estimate of drug-likeness (QED) is 0.658. The van der Waals surface area contributed by atoms with Crippen molar-refractivity contribution in [3.8, 4) is 0 Å². The van der Waals surface area contributed by atoms with E-state index in [1.54, 1.807) is 6.20 Å². The number of amides is 1. The summed E-state index contributed by atoms with van der Waals surface area (Å²) in [6, 6.07) is 12.7. The Labute approximate surface area is 172 Å². The van der Waals surface area contributed by atoms with Crippen LogP contribution in [0.15, 0.2) is 48.8 Å². The van der Waals surface area contributed by atoms with Gasteiger partial charge >= 0.3 is 0 Å². The fraction of sp³-hybridized carbons (Fsp3) is 0.417. The third kappa shape index (κ3) is 4.29. The summed E-state index contributed by atoms with van der Waals surface area (Å²) in [5, 5.41) is 7.43. The maximum atomic E-state index is 13.0. The number of aryl methyl sites for hydroxylation is 1. The van der Waals surface area contributed by atoms with Crippen LogP contribution in [0.2, 0.25) is 0 Å². The van der Waals surface area contributed by atoms with Crippen molar-refractivity contribution < 1.29 is 4.79 Å². The minimum Gasteiger partial charge on any atom is -0.348 e. The summed E-state index contributed by atoms with van der Waals surface area (Å²) in [6.07, 6.45) is 10.1. The Morgan fingerprint density at radius 3 is 2.59 bits per heavy atom. The fourth-order valence-corrected chi connectivity index (χ4v) is 4.63. The van der Waals surface area contributed by atoms with Crippen molar-refractivity contribution in [1.29, 1.82) is 0 Å². The van der Waals surface area contributed by atoms with Crippen molar-refractivity contribution >= 4 is 5.91 Å². The molecule has 152 valence electrons. The number of hydrogen-bond donors (Lipinski definition) is 1. The molecular formula is C24H30N4O. The van der Waals surface area contributed by atoms with E-state index in [0.717, 1.165) is 16.8 Å². The standard InChI is InChI=1S/C24H30N4O/c1-18-15-23(19(2)28(18)22-11-4-3-5-12-22)24(29)25-16-20-9-6-7-10-21(20)17-27-14-8-13-26-27/h6-10,13-15,22H,3-5,11-12,16-17H2,1-2H3,(H,25,29). The van der Waals surface area contributed by atoms with Crippen LogP contribution in [0.25, 0.3) is 0 Å². The molecule has 0 radical (unpaired) electrons. The van der Waals surface area contributed by atoms with Gasteiger partial charge in [0.15, 0.2) is 0 Å². The molecule has 0 aliphatic heterocycles. The van der Waals surface area contributed by atoms with Crippen LogP contribution in [0.3, 0.4) is 0 Å². The van der Waals surface area contributed by atoms with Gasteiger partial charge in [0.25, 0.3) is 5.91 Å². The summed E-state index contributed by atoms with van der Waals surface area (Å²) in [4.78, 5) is 13.0. The highest BCUT2D eigenvalue weighted by molar-refractivity contribution is 5.95. The van der Waals surface area contributed by atoms with E-state index in [2.05, 4.69) is 47.0 Å². The van der Waals surface area contributed by atoms with Gasteiger partial charge in [-0.05, 0) is 49.9 Å². The van der Waals surface area contributed by atoms with Crippen molar-refractivity contribution in [3.63, 3.8) is 0 Å². The number of carbonyl (C=O) groups excluding carboxylic acids is 1. The van der Waals surface area contributed by atoms with Gasteiger partial charge in [-0.15, -0.1) is 0 Å². The smallest absolute Gasteiger partial charge is 0.253 e. The SMILES string of the molecule is Cc1cc(C(=O)NCc2ccccc2Cn2cccn2)c(C)n1C1CCCCC1. The minimum atomic E-state index is 0.00838. The molecule has 4 rings (SSSR count). The van der Waals surface area contributed by atoms with Crippen LogP contribution < -0.4 is 5.32 Å². The molecule has 29 heavy (non-hydrogen) atoms. The number of benzene rings is 1. The van der Waals surface area contributed by atoms with Crippen LogP contribution in [0, 0.1) is 13.8 Å².